The third-order valence-electron chi connectivity index (χ3n) is 2.52. The van der Waals surface area contributed by atoms with Crippen molar-refractivity contribution in [3.8, 4) is 5.75 Å². The molecule has 0 bridgehead atoms. The van der Waals surface area contributed by atoms with Crippen LogP contribution in [0.15, 0.2) is 42.6 Å². The number of ether oxygens (including phenoxy) is 1. The van der Waals surface area contributed by atoms with Gasteiger partial charge in [-0.1, -0.05) is 17.7 Å². The monoisotopic (exact) mass is 228 g/mol. The van der Waals surface area contributed by atoms with Gasteiger partial charge in [0.1, 0.15) is 12.4 Å². The van der Waals surface area contributed by atoms with Crippen LogP contribution in [0.2, 0.25) is 0 Å². The quantitative estimate of drug-likeness (QED) is 0.874. The number of aryl methyl sites for hydroxylation is 1. The molecule has 1 aromatic heterocycles. The van der Waals surface area contributed by atoms with E-state index in [1.54, 1.807) is 6.20 Å². The number of pyridine rings is 1. The Morgan fingerprint density at radius 3 is 2.65 bits per heavy atom. The van der Waals surface area contributed by atoms with Crippen molar-refractivity contribution in [3.63, 3.8) is 0 Å². The van der Waals surface area contributed by atoms with E-state index in [1.807, 2.05) is 36.4 Å². The fraction of sp³-hybridized carbons (Fsp3) is 0.214. The molecule has 3 nitrogen and oxygen atoms in total. The zero-order valence-corrected chi connectivity index (χ0v) is 9.89. The Kier molecular flexibility index (Phi) is 3.73. The molecule has 0 unspecified atom stereocenters. The molecule has 3 heteroatoms. The normalized spacial score (nSPS) is 10.2. The first-order valence-electron chi connectivity index (χ1n) is 5.61. The van der Waals surface area contributed by atoms with Crippen LogP contribution in [-0.2, 0) is 13.2 Å². The minimum atomic E-state index is 0.457. The van der Waals surface area contributed by atoms with Gasteiger partial charge in [-0.3, -0.25) is 4.98 Å². The van der Waals surface area contributed by atoms with Crippen molar-refractivity contribution in [2.45, 2.75) is 20.1 Å². The lowest BCUT2D eigenvalue weighted by Gasteiger charge is -2.07. The van der Waals surface area contributed by atoms with Gasteiger partial charge in [0.25, 0.3) is 0 Å². The van der Waals surface area contributed by atoms with Gasteiger partial charge in [0, 0.05) is 12.7 Å². The number of rotatable bonds is 4. The molecule has 17 heavy (non-hydrogen) atoms. The molecule has 0 fully saturated rings. The zero-order chi connectivity index (χ0) is 12.1. The largest absolute Gasteiger partial charge is 0.489 e. The first-order valence-corrected chi connectivity index (χ1v) is 5.61. The Labute approximate surface area is 101 Å². The summed E-state index contributed by atoms with van der Waals surface area (Å²) in [6.45, 7) is 3.05. The van der Waals surface area contributed by atoms with Crippen LogP contribution in [0.4, 0.5) is 0 Å². The summed E-state index contributed by atoms with van der Waals surface area (Å²) >= 11 is 0. The fourth-order valence-corrected chi connectivity index (χ4v) is 1.53. The van der Waals surface area contributed by atoms with Crippen molar-refractivity contribution < 1.29 is 4.74 Å². The summed E-state index contributed by atoms with van der Waals surface area (Å²) in [6.07, 6.45) is 1.76. The van der Waals surface area contributed by atoms with Gasteiger partial charge < -0.3 is 10.5 Å². The number of nitrogens with two attached hydrogens (primary N) is 1. The highest BCUT2D eigenvalue weighted by molar-refractivity contribution is 5.27. The molecule has 0 radical (unpaired) electrons. The van der Waals surface area contributed by atoms with Crippen LogP contribution in [0, 0.1) is 6.92 Å². The van der Waals surface area contributed by atoms with E-state index >= 15 is 0 Å². The molecule has 2 rings (SSSR count). The van der Waals surface area contributed by atoms with Crippen molar-refractivity contribution in [2.75, 3.05) is 0 Å². The number of hydrogen-bond acceptors (Lipinski definition) is 3. The molecule has 1 heterocycles. The van der Waals surface area contributed by atoms with E-state index in [9.17, 15) is 0 Å². The van der Waals surface area contributed by atoms with Crippen molar-refractivity contribution in [1.29, 1.82) is 0 Å². The fourth-order valence-electron chi connectivity index (χ4n) is 1.53. The summed E-state index contributed by atoms with van der Waals surface area (Å²) in [5.41, 5.74) is 8.74. The number of benzene rings is 1. The topological polar surface area (TPSA) is 48.1 Å². The molecule has 0 aliphatic carbocycles. The van der Waals surface area contributed by atoms with Crippen LogP contribution in [0.25, 0.3) is 0 Å². The van der Waals surface area contributed by atoms with Gasteiger partial charge in [-0.15, -0.1) is 0 Å². The highest BCUT2D eigenvalue weighted by atomic mass is 16.5. The Hall–Kier alpha value is -1.87. The maximum Gasteiger partial charge on any atom is 0.119 e. The smallest absolute Gasteiger partial charge is 0.119 e. The highest BCUT2D eigenvalue weighted by Gasteiger charge is 1.98. The Balaban J connectivity index is 1.99. The summed E-state index contributed by atoms with van der Waals surface area (Å²) < 4.78 is 5.68. The maximum atomic E-state index is 5.68. The molecule has 1 aromatic carbocycles. The Morgan fingerprint density at radius 1 is 1.18 bits per heavy atom. The van der Waals surface area contributed by atoms with Crippen molar-refractivity contribution in [3.05, 3.63) is 59.4 Å². The number of nitrogens with zero attached hydrogens (tertiary/aromatic N) is 1. The van der Waals surface area contributed by atoms with Gasteiger partial charge in [0.05, 0.1) is 5.69 Å². The Morgan fingerprint density at radius 2 is 1.94 bits per heavy atom. The summed E-state index contributed by atoms with van der Waals surface area (Å²) in [5.74, 6) is 0.877. The lowest BCUT2D eigenvalue weighted by atomic mass is 10.2. The molecule has 88 valence electrons. The standard InChI is InChI=1S/C14H16N2O/c1-11-2-4-14(5-3-11)17-10-12-6-7-16-13(8-12)9-15/h2-8H,9-10,15H2,1H3. The van der Waals surface area contributed by atoms with E-state index in [-0.39, 0.29) is 0 Å². The van der Waals surface area contributed by atoms with Crippen LogP contribution in [0.5, 0.6) is 5.75 Å². The molecule has 0 atom stereocenters. The van der Waals surface area contributed by atoms with Gasteiger partial charge in [0.2, 0.25) is 0 Å². The molecular formula is C14H16N2O. The van der Waals surface area contributed by atoms with Crippen molar-refractivity contribution in [2.24, 2.45) is 5.73 Å². The molecule has 2 N–H and O–H groups in total. The van der Waals surface area contributed by atoms with E-state index in [1.165, 1.54) is 5.56 Å². The van der Waals surface area contributed by atoms with E-state index in [2.05, 4.69) is 11.9 Å². The van der Waals surface area contributed by atoms with Gasteiger partial charge in [-0.05, 0) is 36.8 Å². The second-order valence-electron chi connectivity index (χ2n) is 3.96. The first-order chi connectivity index (χ1) is 8.28. The van der Waals surface area contributed by atoms with Gasteiger partial charge in [-0.25, -0.2) is 0 Å². The van der Waals surface area contributed by atoms with Gasteiger partial charge >= 0.3 is 0 Å². The molecule has 2 aromatic rings. The van der Waals surface area contributed by atoms with Crippen LogP contribution in [0.3, 0.4) is 0 Å². The average molecular weight is 228 g/mol. The molecule has 0 aliphatic rings. The number of hydrogen-bond donors (Lipinski definition) is 1. The highest BCUT2D eigenvalue weighted by Crippen LogP contribution is 2.13. The second-order valence-corrected chi connectivity index (χ2v) is 3.96. The molecule has 0 amide bonds. The maximum absolute atomic E-state index is 5.68. The first kappa shape index (κ1) is 11.6. The van der Waals surface area contributed by atoms with E-state index in [0.29, 0.717) is 13.2 Å². The second kappa shape index (κ2) is 5.46. The van der Waals surface area contributed by atoms with Crippen LogP contribution >= 0.6 is 0 Å². The van der Waals surface area contributed by atoms with Gasteiger partial charge in [0.15, 0.2) is 0 Å². The molecule has 0 saturated heterocycles. The summed E-state index contributed by atoms with van der Waals surface area (Å²) in [6, 6.07) is 11.9. The van der Waals surface area contributed by atoms with E-state index < -0.39 is 0 Å². The Bertz CT molecular complexity index is 480. The molecular weight excluding hydrogens is 212 g/mol. The molecule has 0 aliphatic heterocycles. The predicted octanol–water partition coefficient (Wildman–Crippen LogP) is 2.43. The van der Waals surface area contributed by atoms with E-state index in [4.69, 9.17) is 10.5 Å². The number of aromatic nitrogens is 1. The SMILES string of the molecule is Cc1ccc(OCc2ccnc(CN)c2)cc1. The average Bonchev–Trinajstić information content (AvgIpc) is 2.38. The van der Waals surface area contributed by atoms with Crippen LogP contribution in [-0.4, -0.2) is 4.98 Å². The van der Waals surface area contributed by atoms with Gasteiger partial charge in [-0.2, -0.15) is 0 Å². The third kappa shape index (κ3) is 3.29. The lowest BCUT2D eigenvalue weighted by Crippen LogP contribution is -2.02. The van der Waals surface area contributed by atoms with Crippen LogP contribution in [0.1, 0.15) is 16.8 Å². The van der Waals surface area contributed by atoms with Crippen molar-refractivity contribution >= 4 is 0 Å². The lowest BCUT2D eigenvalue weighted by molar-refractivity contribution is 0.306. The van der Waals surface area contributed by atoms with Crippen molar-refractivity contribution in [1.82, 2.24) is 4.98 Å². The molecule has 0 saturated carbocycles. The third-order valence-corrected chi connectivity index (χ3v) is 2.52. The predicted molar refractivity (Wildman–Crippen MR) is 67.6 cm³/mol. The van der Waals surface area contributed by atoms with E-state index in [0.717, 1.165) is 17.0 Å². The summed E-state index contributed by atoms with van der Waals surface area (Å²) in [4.78, 5) is 4.14. The summed E-state index contributed by atoms with van der Waals surface area (Å²) in [7, 11) is 0. The zero-order valence-electron chi connectivity index (χ0n) is 9.89. The van der Waals surface area contributed by atoms with Crippen LogP contribution < -0.4 is 10.5 Å². The minimum absolute atomic E-state index is 0.457. The minimum Gasteiger partial charge on any atom is -0.489 e. The summed E-state index contributed by atoms with van der Waals surface area (Å²) in [5, 5.41) is 0. The molecule has 0 spiro atoms.